The normalized spacial score (nSPS) is 10.5. The summed E-state index contributed by atoms with van der Waals surface area (Å²) in [4.78, 5) is 33.1. The van der Waals surface area contributed by atoms with Gasteiger partial charge < -0.3 is 21.7 Å². The van der Waals surface area contributed by atoms with Gasteiger partial charge in [0.25, 0.3) is 0 Å². The molecule has 0 aromatic heterocycles. The highest BCUT2D eigenvalue weighted by molar-refractivity contribution is 6.11. The summed E-state index contributed by atoms with van der Waals surface area (Å²) in [5.74, 6) is -2.14. The fraction of sp³-hybridized carbons (Fsp3) is 0.133. The zero-order valence-corrected chi connectivity index (χ0v) is 13.2. The highest BCUT2D eigenvalue weighted by Gasteiger charge is 2.26. The standard InChI is InChI=1S/C15H14N4O7/c16-5-7-1-13(20)11(18(23)24)3-9(7)15(22)10-4-12(19(25)26)14(21)2-8(10)6-17/h1-4,20-21H,5-6,16-17H2. The van der Waals surface area contributed by atoms with Gasteiger partial charge in [0.05, 0.1) is 9.85 Å². The Kier molecular flexibility index (Phi) is 5.14. The first-order chi connectivity index (χ1) is 12.2. The lowest BCUT2D eigenvalue weighted by Crippen LogP contribution is -2.13. The Bertz CT molecular complexity index is 853. The van der Waals surface area contributed by atoms with E-state index in [1.807, 2.05) is 0 Å². The summed E-state index contributed by atoms with van der Waals surface area (Å²) in [7, 11) is 0. The minimum atomic E-state index is -0.879. The number of phenols is 2. The van der Waals surface area contributed by atoms with Crippen molar-refractivity contribution < 1.29 is 24.9 Å². The number of rotatable bonds is 6. The van der Waals surface area contributed by atoms with E-state index in [4.69, 9.17) is 11.5 Å². The van der Waals surface area contributed by atoms with Gasteiger partial charge in [-0.15, -0.1) is 0 Å². The first-order valence-corrected chi connectivity index (χ1v) is 7.16. The summed E-state index contributed by atoms with van der Waals surface area (Å²) in [6.07, 6.45) is 0. The molecule has 11 nitrogen and oxygen atoms in total. The molecule has 0 saturated heterocycles. The van der Waals surface area contributed by atoms with Crippen LogP contribution < -0.4 is 11.5 Å². The molecule has 0 atom stereocenters. The molecule has 2 rings (SSSR count). The predicted molar refractivity (Wildman–Crippen MR) is 88.7 cm³/mol. The van der Waals surface area contributed by atoms with Gasteiger partial charge in [-0.3, -0.25) is 25.0 Å². The van der Waals surface area contributed by atoms with Crippen LogP contribution in [0.4, 0.5) is 11.4 Å². The number of carbonyl (C=O) groups is 1. The second-order valence-electron chi connectivity index (χ2n) is 5.25. The monoisotopic (exact) mass is 362 g/mol. The summed E-state index contributed by atoms with van der Waals surface area (Å²) in [6.45, 7) is -0.435. The van der Waals surface area contributed by atoms with Crippen LogP contribution in [0.1, 0.15) is 27.0 Å². The maximum atomic E-state index is 12.9. The van der Waals surface area contributed by atoms with E-state index in [1.165, 1.54) is 0 Å². The zero-order valence-electron chi connectivity index (χ0n) is 13.2. The van der Waals surface area contributed by atoms with E-state index < -0.39 is 38.5 Å². The second-order valence-corrected chi connectivity index (χ2v) is 5.25. The van der Waals surface area contributed by atoms with E-state index in [1.54, 1.807) is 0 Å². The number of carbonyl (C=O) groups excluding carboxylic acids is 1. The van der Waals surface area contributed by atoms with E-state index in [2.05, 4.69) is 0 Å². The molecule has 0 aliphatic heterocycles. The molecule has 0 heterocycles. The zero-order chi connectivity index (χ0) is 19.6. The summed E-state index contributed by atoms with van der Waals surface area (Å²) < 4.78 is 0. The van der Waals surface area contributed by atoms with Crippen LogP contribution in [0, 0.1) is 20.2 Å². The molecule has 0 bridgehead atoms. The fourth-order valence-corrected chi connectivity index (χ4v) is 2.44. The third-order valence-electron chi connectivity index (χ3n) is 3.72. The molecular formula is C15H14N4O7. The molecule has 2 aromatic carbocycles. The molecular weight excluding hydrogens is 348 g/mol. The van der Waals surface area contributed by atoms with Crippen molar-refractivity contribution in [2.45, 2.75) is 13.1 Å². The van der Waals surface area contributed by atoms with Gasteiger partial charge in [-0.05, 0) is 23.3 Å². The van der Waals surface area contributed by atoms with Crippen LogP contribution in [0.25, 0.3) is 0 Å². The Labute approximate surface area is 145 Å². The third-order valence-corrected chi connectivity index (χ3v) is 3.72. The van der Waals surface area contributed by atoms with E-state index in [0.717, 1.165) is 24.3 Å². The van der Waals surface area contributed by atoms with Gasteiger partial charge in [-0.1, -0.05) is 0 Å². The second kappa shape index (κ2) is 7.13. The lowest BCUT2D eigenvalue weighted by atomic mass is 9.93. The number of aromatic hydroxyl groups is 2. The van der Waals surface area contributed by atoms with E-state index in [0.29, 0.717) is 0 Å². The fourth-order valence-electron chi connectivity index (χ4n) is 2.44. The minimum absolute atomic E-state index is 0.108. The SMILES string of the molecule is NCc1cc(O)c([N+](=O)[O-])cc1C(=O)c1cc([N+](=O)[O-])c(O)cc1CN. The summed E-state index contributed by atoms with van der Waals surface area (Å²) in [5, 5.41) is 41.4. The summed E-state index contributed by atoms with van der Waals surface area (Å²) in [6, 6.07) is 3.67. The largest absolute Gasteiger partial charge is 0.502 e. The van der Waals surface area contributed by atoms with Gasteiger partial charge >= 0.3 is 11.4 Å². The van der Waals surface area contributed by atoms with Crippen LogP contribution >= 0.6 is 0 Å². The Morgan fingerprint density at radius 1 is 0.846 bits per heavy atom. The molecule has 0 spiro atoms. The molecule has 0 aliphatic carbocycles. The molecule has 0 radical (unpaired) electrons. The van der Waals surface area contributed by atoms with E-state index in [-0.39, 0.29) is 35.3 Å². The molecule has 26 heavy (non-hydrogen) atoms. The Morgan fingerprint density at radius 2 is 1.19 bits per heavy atom. The number of nitrogens with two attached hydrogens (primary N) is 2. The van der Waals surface area contributed by atoms with Crippen molar-refractivity contribution >= 4 is 17.2 Å². The number of hydrogen-bond donors (Lipinski definition) is 4. The minimum Gasteiger partial charge on any atom is -0.502 e. The van der Waals surface area contributed by atoms with Crippen LogP contribution in [0.2, 0.25) is 0 Å². The molecule has 0 amide bonds. The lowest BCUT2D eigenvalue weighted by Gasteiger charge is -2.11. The van der Waals surface area contributed by atoms with Gasteiger partial charge in [-0.25, -0.2) is 0 Å². The van der Waals surface area contributed by atoms with Crippen LogP contribution in [0.15, 0.2) is 24.3 Å². The van der Waals surface area contributed by atoms with Gasteiger partial charge in [0, 0.05) is 36.3 Å². The third kappa shape index (κ3) is 3.29. The van der Waals surface area contributed by atoms with Crippen molar-refractivity contribution in [2.75, 3.05) is 0 Å². The Hall–Kier alpha value is -3.57. The van der Waals surface area contributed by atoms with E-state index in [9.17, 15) is 35.2 Å². The molecule has 6 N–H and O–H groups in total. The molecule has 0 saturated carbocycles. The highest BCUT2D eigenvalue weighted by atomic mass is 16.6. The molecule has 136 valence electrons. The maximum Gasteiger partial charge on any atom is 0.311 e. The number of nitro benzene ring substituents is 2. The Morgan fingerprint density at radius 3 is 1.46 bits per heavy atom. The smallest absolute Gasteiger partial charge is 0.311 e. The van der Waals surface area contributed by atoms with Gasteiger partial charge in [0.1, 0.15) is 0 Å². The number of nitrogens with zero attached hydrogens (tertiary/aromatic N) is 2. The first-order valence-electron chi connectivity index (χ1n) is 7.16. The number of phenolic OH excluding ortho intramolecular Hbond substituents is 2. The van der Waals surface area contributed by atoms with Gasteiger partial charge in [0.15, 0.2) is 17.3 Å². The number of ketones is 1. The van der Waals surface area contributed by atoms with Crippen molar-refractivity contribution in [3.8, 4) is 11.5 Å². The maximum absolute atomic E-state index is 12.9. The molecule has 0 fully saturated rings. The number of hydrogen-bond acceptors (Lipinski definition) is 9. The average Bonchev–Trinajstić information content (AvgIpc) is 2.59. The summed E-state index contributed by atoms with van der Waals surface area (Å²) in [5.41, 5.74) is 9.44. The van der Waals surface area contributed by atoms with Crippen molar-refractivity contribution in [2.24, 2.45) is 11.5 Å². The first kappa shape index (κ1) is 18.8. The van der Waals surface area contributed by atoms with Crippen molar-refractivity contribution in [1.82, 2.24) is 0 Å². The van der Waals surface area contributed by atoms with Gasteiger partial charge in [0.2, 0.25) is 0 Å². The highest BCUT2D eigenvalue weighted by Crippen LogP contribution is 2.34. The van der Waals surface area contributed by atoms with E-state index >= 15 is 0 Å². The van der Waals surface area contributed by atoms with Crippen molar-refractivity contribution in [3.63, 3.8) is 0 Å². The molecule has 0 aliphatic rings. The predicted octanol–water partition coefficient (Wildman–Crippen LogP) is 1.06. The number of nitro groups is 2. The molecule has 2 aromatic rings. The van der Waals surface area contributed by atoms with Crippen LogP contribution in [-0.4, -0.2) is 25.8 Å². The van der Waals surface area contributed by atoms with Gasteiger partial charge in [-0.2, -0.15) is 0 Å². The van der Waals surface area contributed by atoms with Crippen LogP contribution in [0.3, 0.4) is 0 Å². The van der Waals surface area contributed by atoms with Crippen LogP contribution in [-0.2, 0) is 13.1 Å². The van der Waals surface area contributed by atoms with Crippen LogP contribution in [0.5, 0.6) is 11.5 Å². The quantitative estimate of drug-likeness (QED) is 0.330. The molecule has 11 heteroatoms. The van der Waals surface area contributed by atoms with Crippen molar-refractivity contribution in [1.29, 1.82) is 0 Å². The topological polar surface area (TPSA) is 196 Å². The Balaban J connectivity index is 2.73. The van der Waals surface area contributed by atoms with Crippen molar-refractivity contribution in [3.05, 3.63) is 66.7 Å². The number of benzene rings is 2. The molecule has 0 unspecified atom stereocenters. The lowest BCUT2D eigenvalue weighted by molar-refractivity contribution is -0.386. The average molecular weight is 362 g/mol. The summed E-state index contributed by atoms with van der Waals surface area (Å²) >= 11 is 0.